The molecule has 1 aliphatic rings. The molecule has 0 saturated carbocycles. The Balaban J connectivity index is 2.38. The van der Waals surface area contributed by atoms with Gasteiger partial charge in [0, 0.05) is 13.1 Å². The third-order valence-corrected chi connectivity index (χ3v) is 5.04. The van der Waals surface area contributed by atoms with Crippen molar-refractivity contribution in [2.24, 2.45) is 0 Å². The minimum atomic E-state index is -3.70. The second kappa shape index (κ2) is 4.87. The molecule has 18 heavy (non-hydrogen) atoms. The lowest BCUT2D eigenvalue weighted by Gasteiger charge is -2.26. The van der Waals surface area contributed by atoms with Crippen LogP contribution < -0.4 is 5.32 Å². The van der Waals surface area contributed by atoms with Gasteiger partial charge < -0.3 is 5.32 Å². The number of aryl methyl sites for hydroxylation is 1. The van der Waals surface area contributed by atoms with Crippen molar-refractivity contribution in [1.82, 2.24) is 9.62 Å². The highest BCUT2D eigenvalue weighted by molar-refractivity contribution is 7.89. The van der Waals surface area contributed by atoms with Crippen LogP contribution >= 0.6 is 11.6 Å². The van der Waals surface area contributed by atoms with E-state index in [1.165, 1.54) is 6.07 Å². The fourth-order valence-electron chi connectivity index (χ4n) is 1.77. The summed E-state index contributed by atoms with van der Waals surface area (Å²) in [6.07, 6.45) is 0. The highest BCUT2D eigenvalue weighted by atomic mass is 35.5. The van der Waals surface area contributed by atoms with E-state index in [1.54, 1.807) is 12.1 Å². The standard InChI is InChI=1S/C11H13ClN2O3S/c1-8-2-3-10(9(12)6-8)18(16,17)14-5-4-13-11(15)7-14/h2-3,6H,4-5,7H2,1H3,(H,13,15). The molecule has 0 spiro atoms. The Bertz CT molecular complexity index is 586. The summed E-state index contributed by atoms with van der Waals surface area (Å²) in [6.45, 7) is 2.25. The summed E-state index contributed by atoms with van der Waals surface area (Å²) in [7, 11) is -3.70. The molecular weight excluding hydrogens is 276 g/mol. The first kappa shape index (κ1) is 13.3. The fourth-order valence-corrected chi connectivity index (χ4v) is 3.74. The first-order valence-corrected chi connectivity index (χ1v) is 7.26. The van der Waals surface area contributed by atoms with E-state index in [0.29, 0.717) is 6.54 Å². The Kier molecular flexibility index (Phi) is 3.61. The van der Waals surface area contributed by atoms with E-state index in [1.807, 2.05) is 6.92 Å². The van der Waals surface area contributed by atoms with Crippen LogP contribution in [0.1, 0.15) is 5.56 Å². The number of piperazine rings is 1. The van der Waals surface area contributed by atoms with Gasteiger partial charge in [-0.2, -0.15) is 4.31 Å². The normalized spacial score (nSPS) is 17.6. The van der Waals surface area contributed by atoms with Crippen LogP contribution in [0.25, 0.3) is 0 Å². The van der Waals surface area contributed by atoms with Crippen molar-refractivity contribution >= 4 is 27.5 Å². The molecule has 1 aliphatic heterocycles. The maximum absolute atomic E-state index is 12.3. The van der Waals surface area contributed by atoms with Gasteiger partial charge in [-0.1, -0.05) is 17.7 Å². The lowest BCUT2D eigenvalue weighted by Crippen LogP contribution is -2.49. The van der Waals surface area contributed by atoms with Gasteiger partial charge in [-0.25, -0.2) is 8.42 Å². The number of halogens is 1. The zero-order chi connectivity index (χ0) is 13.3. The van der Waals surface area contributed by atoms with Crippen molar-refractivity contribution in [2.75, 3.05) is 19.6 Å². The summed E-state index contributed by atoms with van der Waals surface area (Å²) >= 11 is 5.96. The quantitative estimate of drug-likeness (QED) is 0.874. The van der Waals surface area contributed by atoms with E-state index in [9.17, 15) is 13.2 Å². The number of carbonyl (C=O) groups excluding carboxylic acids is 1. The zero-order valence-corrected chi connectivity index (χ0v) is 11.4. The minimum absolute atomic E-state index is 0.0458. The SMILES string of the molecule is Cc1ccc(S(=O)(=O)N2CCNC(=O)C2)c(Cl)c1. The molecule has 0 aliphatic carbocycles. The van der Waals surface area contributed by atoms with E-state index in [0.717, 1.165) is 9.87 Å². The van der Waals surface area contributed by atoms with Crippen LogP contribution in [0.5, 0.6) is 0 Å². The lowest BCUT2D eigenvalue weighted by molar-refractivity contribution is -0.122. The monoisotopic (exact) mass is 288 g/mol. The summed E-state index contributed by atoms with van der Waals surface area (Å²) in [5.41, 5.74) is 0.885. The second-order valence-corrected chi connectivity index (χ2v) is 6.44. The molecular formula is C11H13ClN2O3S. The molecule has 1 fully saturated rings. The van der Waals surface area contributed by atoms with Gasteiger partial charge in [0.05, 0.1) is 11.6 Å². The predicted molar refractivity (Wildman–Crippen MR) is 68.0 cm³/mol. The number of sulfonamides is 1. The predicted octanol–water partition coefficient (Wildman–Crippen LogP) is 0.769. The maximum atomic E-state index is 12.3. The van der Waals surface area contributed by atoms with E-state index < -0.39 is 10.0 Å². The molecule has 0 bridgehead atoms. The molecule has 1 heterocycles. The lowest BCUT2D eigenvalue weighted by atomic mass is 10.2. The van der Waals surface area contributed by atoms with Crippen molar-refractivity contribution in [3.05, 3.63) is 28.8 Å². The topological polar surface area (TPSA) is 66.5 Å². The largest absolute Gasteiger partial charge is 0.354 e. The van der Waals surface area contributed by atoms with Crippen LogP contribution in [0.3, 0.4) is 0 Å². The second-order valence-electron chi connectivity index (χ2n) is 4.12. The Morgan fingerprint density at radius 2 is 2.11 bits per heavy atom. The highest BCUT2D eigenvalue weighted by Crippen LogP contribution is 2.25. The van der Waals surface area contributed by atoms with Gasteiger partial charge in [-0.3, -0.25) is 4.79 Å². The number of hydrogen-bond acceptors (Lipinski definition) is 3. The summed E-state index contributed by atoms with van der Waals surface area (Å²) < 4.78 is 25.8. The molecule has 2 rings (SSSR count). The van der Waals surface area contributed by atoms with Crippen molar-refractivity contribution in [3.8, 4) is 0 Å². The zero-order valence-electron chi connectivity index (χ0n) is 9.81. The van der Waals surface area contributed by atoms with Crippen LogP contribution in [0.2, 0.25) is 5.02 Å². The van der Waals surface area contributed by atoms with Gasteiger partial charge in [0.1, 0.15) is 4.90 Å². The van der Waals surface area contributed by atoms with E-state index in [2.05, 4.69) is 5.32 Å². The molecule has 98 valence electrons. The van der Waals surface area contributed by atoms with E-state index >= 15 is 0 Å². The Morgan fingerprint density at radius 1 is 1.39 bits per heavy atom. The molecule has 1 aromatic carbocycles. The number of amides is 1. The molecule has 0 aromatic heterocycles. The molecule has 0 unspecified atom stereocenters. The number of hydrogen-bond donors (Lipinski definition) is 1. The third kappa shape index (κ3) is 2.50. The summed E-state index contributed by atoms with van der Waals surface area (Å²) in [5, 5.41) is 2.76. The van der Waals surface area contributed by atoms with Crippen molar-refractivity contribution in [3.63, 3.8) is 0 Å². The van der Waals surface area contributed by atoms with Gasteiger partial charge in [0.2, 0.25) is 15.9 Å². The Labute approximate surface area is 111 Å². The smallest absolute Gasteiger partial charge is 0.245 e. The summed E-state index contributed by atoms with van der Waals surface area (Å²) in [5.74, 6) is -0.298. The molecule has 7 heteroatoms. The van der Waals surface area contributed by atoms with Gasteiger partial charge in [0.25, 0.3) is 0 Å². The first-order chi connectivity index (χ1) is 8.41. The van der Waals surface area contributed by atoms with Crippen LogP contribution in [0, 0.1) is 6.92 Å². The minimum Gasteiger partial charge on any atom is -0.354 e. The van der Waals surface area contributed by atoms with Crippen LogP contribution in [-0.4, -0.2) is 38.3 Å². The number of carbonyl (C=O) groups is 1. The molecule has 1 N–H and O–H groups in total. The van der Waals surface area contributed by atoms with Crippen molar-refractivity contribution in [1.29, 1.82) is 0 Å². The van der Waals surface area contributed by atoms with Crippen LogP contribution in [0.4, 0.5) is 0 Å². The number of benzene rings is 1. The van der Waals surface area contributed by atoms with E-state index in [-0.39, 0.29) is 28.9 Å². The maximum Gasteiger partial charge on any atom is 0.245 e. The molecule has 1 amide bonds. The number of rotatable bonds is 2. The third-order valence-electron chi connectivity index (χ3n) is 2.71. The van der Waals surface area contributed by atoms with Gasteiger partial charge in [0.15, 0.2) is 0 Å². The Morgan fingerprint density at radius 3 is 2.72 bits per heavy atom. The molecule has 1 saturated heterocycles. The summed E-state index contributed by atoms with van der Waals surface area (Å²) in [4.78, 5) is 11.3. The average molecular weight is 289 g/mol. The van der Waals surface area contributed by atoms with Crippen molar-refractivity contribution in [2.45, 2.75) is 11.8 Å². The molecule has 0 atom stereocenters. The summed E-state index contributed by atoms with van der Waals surface area (Å²) in [6, 6.07) is 4.75. The van der Waals surface area contributed by atoms with Gasteiger partial charge in [-0.05, 0) is 24.6 Å². The van der Waals surface area contributed by atoms with Crippen LogP contribution in [-0.2, 0) is 14.8 Å². The molecule has 5 nitrogen and oxygen atoms in total. The highest BCUT2D eigenvalue weighted by Gasteiger charge is 2.30. The average Bonchev–Trinajstić information content (AvgIpc) is 2.28. The first-order valence-electron chi connectivity index (χ1n) is 5.44. The number of nitrogens with zero attached hydrogens (tertiary/aromatic N) is 1. The van der Waals surface area contributed by atoms with Crippen LogP contribution in [0.15, 0.2) is 23.1 Å². The van der Waals surface area contributed by atoms with Gasteiger partial charge in [-0.15, -0.1) is 0 Å². The molecule has 0 radical (unpaired) electrons. The van der Waals surface area contributed by atoms with Crippen molar-refractivity contribution < 1.29 is 13.2 Å². The number of nitrogens with one attached hydrogen (secondary N) is 1. The molecule has 1 aromatic rings. The van der Waals surface area contributed by atoms with Gasteiger partial charge >= 0.3 is 0 Å². The van der Waals surface area contributed by atoms with E-state index in [4.69, 9.17) is 11.6 Å². The Hall–Kier alpha value is -1.11. The fraction of sp³-hybridized carbons (Fsp3) is 0.364.